The number of anilines is 1. The molecule has 3 aromatic rings. The van der Waals surface area contributed by atoms with Crippen molar-refractivity contribution in [3.05, 3.63) is 65.9 Å². The number of methoxy groups -OCH3 is 1. The fourth-order valence-electron chi connectivity index (χ4n) is 3.20. The van der Waals surface area contributed by atoms with E-state index in [9.17, 15) is 14.4 Å². The van der Waals surface area contributed by atoms with Crippen LogP contribution in [-0.4, -0.2) is 35.9 Å². The van der Waals surface area contributed by atoms with E-state index in [-0.39, 0.29) is 18.2 Å². The van der Waals surface area contributed by atoms with Gasteiger partial charge in [-0.05, 0) is 29.3 Å². The number of ether oxygens (including phenoxy) is 1. The van der Waals surface area contributed by atoms with Gasteiger partial charge in [-0.15, -0.1) is 0 Å². The number of nitrogens with one attached hydrogen (secondary N) is 3. The standard InChI is InChI=1S/C22H23N3O4/c1-14(26)24-17-9-7-15(8-10-17)11-21(27)25-20(22(28)29-2)12-16-13-23-19-6-4-3-5-18(16)19/h3-10,13,20,23H,11-12H2,1-2H3,(H,24,26)(H,25,27). The summed E-state index contributed by atoms with van der Waals surface area (Å²) in [6.45, 7) is 1.43. The van der Waals surface area contributed by atoms with Gasteiger partial charge in [-0.25, -0.2) is 4.79 Å². The first-order chi connectivity index (χ1) is 14.0. The third-order valence-electron chi connectivity index (χ3n) is 4.56. The van der Waals surface area contributed by atoms with Gasteiger partial charge in [-0.1, -0.05) is 30.3 Å². The maximum atomic E-state index is 12.5. The van der Waals surface area contributed by atoms with Gasteiger partial charge in [0.2, 0.25) is 11.8 Å². The van der Waals surface area contributed by atoms with E-state index in [0.29, 0.717) is 12.1 Å². The van der Waals surface area contributed by atoms with Crippen LogP contribution in [0.2, 0.25) is 0 Å². The van der Waals surface area contributed by atoms with E-state index < -0.39 is 12.0 Å². The summed E-state index contributed by atoms with van der Waals surface area (Å²) in [5, 5.41) is 6.45. The monoisotopic (exact) mass is 393 g/mol. The first-order valence-electron chi connectivity index (χ1n) is 9.25. The quantitative estimate of drug-likeness (QED) is 0.537. The maximum Gasteiger partial charge on any atom is 0.328 e. The number of carbonyl (C=O) groups is 3. The van der Waals surface area contributed by atoms with Crippen LogP contribution < -0.4 is 10.6 Å². The molecule has 0 aliphatic rings. The number of aromatic amines is 1. The van der Waals surface area contributed by atoms with Crippen LogP contribution in [0.25, 0.3) is 10.9 Å². The minimum absolute atomic E-state index is 0.113. The number of carbonyl (C=O) groups excluding carboxylic acids is 3. The zero-order chi connectivity index (χ0) is 20.8. The van der Waals surface area contributed by atoms with Crippen molar-refractivity contribution in [2.75, 3.05) is 12.4 Å². The molecule has 1 aromatic heterocycles. The third-order valence-corrected chi connectivity index (χ3v) is 4.56. The lowest BCUT2D eigenvalue weighted by atomic mass is 10.0. The Balaban J connectivity index is 1.67. The van der Waals surface area contributed by atoms with Gasteiger partial charge in [0.1, 0.15) is 6.04 Å². The highest BCUT2D eigenvalue weighted by atomic mass is 16.5. The van der Waals surface area contributed by atoms with E-state index in [4.69, 9.17) is 4.74 Å². The Labute approximate surface area is 168 Å². The highest BCUT2D eigenvalue weighted by molar-refractivity contribution is 5.89. The Hall–Kier alpha value is -3.61. The van der Waals surface area contributed by atoms with Crippen molar-refractivity contribution >= 4 is 34.4 Å². The molecule has 0 radical (unpaired) electrons. The molecule has 2 aromatic carbocycles. The minimum atomic E-state index is -0.787. The van der Waals surface area contributed by atoms with E-state index in [0.717, 1.165) is 22.0 Å². The van der Waals surface area contributed by atoms with Crippen LogP contribution in [0.15, 0.2) is 54.7 Å². The second-order valence-corrected chi connectivity index (χ2v) is 6.76. The Morgan fingerprint density at radius 1 is 1.07 bits per heavy atom. The topological polar surface area (TPSA) is 100 Å². The molecule has 7 nitrogen and oxygen atoms in total. The highest BCUT2D eigenvalue weighted by Crippen LogP contribution is 2.19. The zero-order valence-corrected chi connectivity index (χ0v) is 16.3. The largest absolute Gasteiger partial charge is 0.467 e. The van der Waals surface area contributed by atoms with Crippen LogP contribution >= 0.6 is 0 Å². The molecule has 7 heteroatoms. The lowest BCUT2D eigenvalue weighted by molar-refractivity contribution is -0.145. The molecule has 0 saturated heterocycles. The molecule has 1 unspecified atom stereocenters. The smallest absolute Gasteiger partial charge is 0.328 e. The molecule has 1 heterocycles. The molecule has 1 atom stereocenters. The van der Waals surface area contributed by atoms with Gasteiger partial charge in [0.15, 0.2) is 0 Å². The molecule has 0 aliphatic heterocycles. The predicted octanol–water partition coefficient (Wildman–Crippen LogP) is 2.57. The Morgan fingerprint density at radius 3 is 2.48 bits per heavy atom. The first-order valence-corrected chi connectivity index (χ1v) is 9.25. The average Bonchev–Trinajstić information content (AvgIpc) is 3.11. The van der Waals surface area contributed by atoms with Crippen molar-refractivity contribution in [2.45, 2.75) is 25.8 Å². The van der Waals surface area contributed by atoms with Crippen molar-refractivity contribution < 1.29 is 19.1 Å². The van der Waals surface area contributed by atoms with Crippen molar-refractivity contribution in [3.63, 3.8) is 0 Å². The van der Waals surface area contributed by atoms with Gasteiger partial charge in [-0.2, -0.15) is 0 Å². The van der Waals surface area contributed by atoms with Crippen molar-refractivity contribution in [2.24, 2.45) is 0 Å². The molecule has 0 spiro atoms. The zero-order valence-electron chi connectivity index (χ0n) is 16.3. The Kier molecular flexibility index (Phi) is 6.29. The lowest BCUT2D eigenvalue weighted by Crippen LogP contribution is -2.43. The van der Waals surface area contributed by atoms with Crippen LogP contribution in [0.3, 0.4) is 0 Å². The van der Waals surface area contributed by atoms with E-state index in [1.165, 1.54) is 14.0 Å². The van der Waals surface area contributed by atoms with Crippen LogP contribution in [0.5, 0.6) is 0 Å². The number of fused-ring (bicyclic) bond motifs is 1. The highest BCUT2D eigenvalue weighted by Gasteiger charge is 2.23. The number of amides is 2. The second kappa shape index (κ2) is 9.05. The number of aromatic nitrogens is 1. The van der Waals surface area contributed by atoms with Crippen LogP contribution in [0.4, 0.5) is 5.69 Å². The summed E-state index contributed by atoms with van der Waals surface area (Å²) < 4.78 is 4.87. The second-order valence-electron chi connectivity index (χ2n) is 6.76. The molecule has 2 amide bonds. The summed E-state index contributed by atoms with van der Waals surface area (Å²) in [6, 6.07) is 14.0. The number of para-hydroxylation sites is 1. The van der Waals surface area contributed by atoms with Gasteiger partial charge < -0.3 is 20.4 Å². The van der Waals surface area contributed by atoms with E-state index in [1.54, 1.807) is 24.3 Å². The number of H-pyrrole nitrogens is 1. The molecular weight excluding hydrogens is 370 g/mol. The Morgan fingerprint density at radius 2 is 1.79 bits per heavy atom. The van der Waals surface area contributed by atoms with Crippen LogP contribution in [0.1, 0.15) is 18.1 Å². The molecule has 0 saturated carbocycles. The molecule has 0 bridgehead atoms. The van der Waals surface area contributed by atoms with E-state index >= 15 is 0 Å². The first kappa shape index (κ1) is 20.1. The fourth-order valence-corrected chi connectivity index (χ4v) is 3.20. The summed E-state index contributed by atoms with van der Waals surface area (Å²) in [7, 11) is 1.30. The average molecular weight is 393 g/mol. The van der Waals surface area contributed by atoms with Crippen molar-refractivity contribution in [1.82, 2.24) is 10.3 Å². The molecule has 150 valence electrons. The van der Waals surface area contributed by atoms with Crippen molar-refractivity contribution in [1.29, 1.82) is 0 Å². The molecule has 0 fully saturated rings. The summed E-state index contributed by atoms with van der Waals surface area (Å²) >= 11 is 0. The van der Waals surface area contributed by atoms with Gasteiger partial charge in [-0.3, -0.25) is 9.59 Å². The van der Waals surface area contributed by atoms with Crippen molar-refractivity contribution in [3.8, 4) is 0 Å². The number of esters is 1. The Bertz CT molecular complexity index is 1020. The normalized spacial score (nSPS) is 11.7. The SMILES string of the molecule is COC(=O)C(Cc1c[nH]c2ccccc12)NC(=O)Cc1ccc(NC(C)=O)cc1. The van der Waals surface area contributed by atoms with E-state index in [2.05, 4.69) is 15.6 Å². The molecule has 3 N–H and O–H groups in total. The van der Waals surface area contributed by atoms with Gasteiger partial charge >= 0.3 is 5.97 Å². The minimum Gasteiger partial charge on any atom is -0.467 e. The summed E-state index contributed by atoms with van der Waals surface area (Å²) in [5.41, 5.74) is 3.33. The number of rotatable bonds is 7. The summed E-state index contributed by atoms with van der Waals surface area (Å²) in [4.78, 5) is 39.0. The lowest BCUT2D eigenvalue weighted by Gasteiger charge is -2.16. The van der Waals surface area contributed by atoms with E-state index in [1.807, 2.05) is 30.5 Å². The van der Waals surface area contributed by atoms with Gasteiger partial charge in [0.25, 0.3) is 0 Å². The number of hydrogen-bond acceptors (Lipinski definition) is 4. The molecule has 3 rings (SSSR count). The number of hydrogen-bond donors (Lipinski definition) is 3. The fraction of sp³-hybridized carbons (Fsp3) is 0.227. The summed E-state index contributed by atoms with van der Waals surface area (Å²) in [5.74, 6) is -0.939. The van der Waals surface area contributed by atoms with Gasteiger partial charge in [0.05, 0.1) is 13.5 Å². The summed E-state index contributed by atoms with van der Waals surface area (Å²) in [6.07, 6.45) is 2.28. The number of benzene rings is 2. The van der Waals surface area contributed by atoms with Crippen LogP contribution in [0, 0.1) is 0 Å². The molecular formula is C22H23N3O4. The molecule has 29 heavy (non-hydrogen) atoms. The van der Waals surface area contributed by atoms with Gasteiger partial charge in [0, 0.05) is 36.1 Å². The third kappa shape index (κ3) is 5.22. The predicted molar refractivity (Wildman–Crippen MR) is 110 cm³/mol. The molecule has 0 aliphatic carbocycles. The van der Waals surface area contributed by atoms with Crippen LogP contribution in [-0.2, 0) is 32.0 Å². The maximum absolute atomic E-state index is 12.5.